The summed E-state index contributed by atoms with van der Waals surface area (Å²) < 4.78 is 13.2. The van der Waals surface area contributed by atoms with Crippen LogP contribution in [0.2, 0.25) is 0 Å². The summed E-state index contributed by atoms with van der Waals surface area (Å²) in [6, 6.07) is 8.25. The van der Waals surface area contributed by atoms with E-state index in [0.717, 1.165) is 0 Å². The van der Waals surface area contributed by atoms with Crippen molar-refractivity contribution in [2.45, 2.75) is 39.2 Å². The largest absolute Gasteiger partial charge is 0.348 e. The van der Waals surface area contributed by atoms with Gasteiger partial charge in [0.15, 0.2) is 5.79 Å². The molecule has 0 N–H and O–H groups in total. The Labute approximate surface area is 144 Å². The van der Waals surface area contributed by atoms with Crippen LogP contribution < -0.4 is 11.2 Å². The van der Waals surface area contributed by atoms with Gasteiger partial charge in [-0.05, 0) is 32.9 Å². The monoisotopic (exact) mass is 344 g/mol. The van der Waals surface area contributed by atoms with Crippen LogP contribution in [0.25, 0.3) is 0 Å². The van der Waals surface area contributed by atoms with E-state index < -0.39 is 22.9 Å². The Kier molecular flexibility index (Phi) is 4.45. The SMILES string of the molecule is Cc1cn(CC2COC(C)(C)O2)c(=O)n(C(=O)c2ccccc2)c1=O. The molecule has 1 aliphatic heterocycles. The van der Waals surface area contributed by atoms with Crippen molar-refractivity contribution >= 4 is 5.91 Å². The van der Waals surface area contributed by atoms with Crippen LogP contribution in [0, 0.1) is 6.92 Å². The normalized spacial score (nSPS) is 19.1. The lowest BCUT2D eigenvalue weighted by molar-refractivity contribution is -0.139. The van der Waals surface area contributed by atoms with Gasteiger partial charge in [-0.25, -0.2) is 4.79 Å². The van der Waals surface area contributed by atoms with Crippen molar-refractivity contribution < 1.29 is 14.3 Å². The van der Waals surface area contributed by atoms with Crippen LogP contribution in [0.5, 0.6) is 0 Å². The van der Waals surface area contributed by atoms with Crippen LogP contribution in [0.3, 0.4) is 0 Å². The van der Waals surface area contributed by atoms with Gasteiger partial charge in [-0.15, -0.1) is 0 Å². The van der Waals surface area contributed by atoms with Crippen molar-refractivity contribution in [3.8, 4) is 0 Å². The number of ether oxygens (including phenoxy) is 2. The highest BCUT2D eigenvalue weighted by atomic mass is 16.7. The first-order chi connectivity index (χ1) is 11.8. The molecule has 25 heavy (non-hydrogen) atoms. The second kappa shape index (κ2) is 6.42. The topological polar surface area (TPSA) is 79.5 Å². The number of aryl methyl sites for hydroxylation is 1. The lowest BCUT2D eigenvalue weighted by Gasteiger charge is -2.18. The average molecular weight is 344 g/mol. The zero-order valence-electron chi connectivity index (χ0n) is 14.4. The fraction of sp³-hybridized carbons (Fsp3) is 0.389. The highest BCUT2D eigenvalue weighted by molar-refractivity contribution is 5.95. The fourth-order valence-electron chi connectivity index (χ4n) is 2.83. The summed E-state index contributed by atoms with van der Waals surface area (Å²) in [5, 5.41) is 0. The summed E-state index contributed by atoms with van der Waals surface area (Å²) in [6.07, 6.45) is 1.12. The Morgan fingerprint density at radius 2 is 1.92 bits per heavy atom. The average Bonchev–Trinajstić information content (AvgIpc) is 2.92. The number of hydrogen-bond donors (Lipinski definition) is 0. The minimum atomic E-state index is -0.711. The zero-order chi connectivity index (χ0) is 18.2. The van der Waals surface area contributed by atoms with Crippen molar-refractivity contribution in [1.29, 1.82) is 0 Å². The van der Waals surface area contributed by atoms with Crippen molar-refractivity contribution in [1.82, 2.24) is 9.13 Å². The molecule has 0 amide bonds. The minimum Gasteiger partial charge on any atom is -0.348 e. The number of hydrogen-bond acceptors (Lipinski definition) is 5. The van der Waals surface area contributed by atoms with Gasteiger partial charge in [0, 0.05) is 17.3 Å². The number of carbonyl (C=O) groups is 1. The maximum absolute atomic E-state index is 12.7. The van der Waals surface area contributed by atoms with Gasteiger partial charge in [-0.1, -0.05) is 18.2 Å². The van der Waals surface area contributed by atoms with E-state index in [4.69, 9.17) is 9.47 Å². The van der Waals surface area contributed by atoms with E-state index in [0.29, 0.717) is 16.7 Å². The van der Waals surface area contributed by atoms with E-state index in [1.807, 2.05) is 0 Å². The first-order valence-electron chi connectivity index (χ1n) is 8.03. The molecule has 3 rings (SSSR count). The van der Waals surface area contributed by atoms with Crippen LogP contribution in [0.4, 0.5) is 0 Å². The van der Waals surface area contributed by atoms with E-state index in [9.17, 15) is 14.4 Å². The fourth-order valence-corrected chi connectivity index (χ4v) is 2.83. The minimum absolute atomic E-state index is 0.200. The first kappa shape index (κ1) is 17.3. The number of benzene rings is 1. The molecule has 0 bridgehead atoms. The number of nitrogens with zero attached hydrogens (tertiary/aromatic N) is 2. The third-order valence-electron chi connectivity index (χ3n) is 4.02. The number of carbonyl (C=O) groups excluding carboxylic acids is 1. The summed E-state index contributed by atoms with van der Waals surface area (Å²) in [6.45, 7) is 5.69. The molecule has 1 fully saturated rings. The second-order valence-corrected chi connectivity index (χ2v) is 6.51. The summed E-state index contributed by atoms with van der Waals surface area (Å²) in [5.41, 5.74) is -0.709. The zero-order valence-corrected chi connectivity index (χ0v) is 14.4. The molecule has 2 aromatic rings. The maximum atomic E-state index is 12.7. The highest BCUT2D eigenvalue weighted by Gasteiger charge is 2.33. The Morgan fingerprint density at radius 3 is 2.52 bits per heavy atom. The Hall–Kier alpha value is -2.51. The van der Waals surface area contributed by atoms with Crippen LogP contribution in [-0.4, -0.2) is 33.5 Å². The summed E-state index contributed by atoms with van der Waals surface area (Å²) in [5.74, 6) is -1.35. The standard InChI is InChI=1S/C18H20N2O5/c1-12-9-19(10-14-11-24-18(2,3)25-14)17(23)20(15(12)21)16(22)13-7-5-4-6-8-13/h4-9,14H,10-11H2,1-3H3. The third kappa shape index (κ3) is 3.47. The molecular formula is C18H20N2O5. The van der Waals surface area contributed by atoms with Gasteiger partial charge in [0.2, 0.25) is 0 Å². The van der Waals surface area contributed by atoms with E-state index in [1.54, 1.807) is 51.1 Å². The molecule has 0 aliphatic carbocycles. The van der Waals surface area contributed by atoms with Gasteiger partial charge >= 0.3 is 5.69 Å². The number of rotatable bonds is 3. The molecule has 1 aliphatic rings. The Balaban J connectivity index is 2.00. The van der Waals surface area contributed by atoms with Crippen LogP contribution >= 0.6 is 0 Å². The lowest BCUT2D eigenvalue weighted by Crippen LogP contribution is -2.45. The Bertz CT molecular complexity index is 911. The molecule has 7 heteroatoms. The molecule has 1 aromatic carbocycles. The van der Waals surface area contributed by atoms with Crippen molar-refractivity contribution in [3.63, 3.8) is 0 Å². The van der Waals surface area contributed by atoms with Gasteiger partial charge in [-0.3, -0.25) is 14.2 Å². The quantitative estimate of drug-likeness (QED) is 0.835. The molecule has 1 aromatic heterocycles. The molecule has 2 heterocycles. The summed E-state index contributed by atoms with van der Waals surface area (Å²) >= 11 is 0. The van der Waals surface area contributed by atoms with Crippen molar-refractivity contribution in [3.05, 3.63) is 68.5 Å². The third-order valence-corrected chi connectivity index (χ3v) is 4.02. The molecule has 132 valence electrons. The smallest absolute Gasteiger partial charge is 0.338 e. The van der Waals surface area contributed by atoms with E-state index in [1.165, 1.54) is 10.8 Å². The van der Waals surface area contributed by atoms with E-state index in [-0.39, 0.29) is 18.2 Å². The van der Waals surface area contributed by atoms with Crippen molar-refractivity contribution in [2.75, 3.05) is 6.61 Å². The molecule has 1 saturated heterocycles. The lowest BCUT2D eigenvalue weighted by atomic mass is 10.2. The summed E-state index contributed by atoms with van der Waals surface area (Å²) in [4.78, 5) is 37.7. The second-order valence-electron chi connectivity index (χ2n) is 6.51. The maximum Gasteiger partial charge on any atom is 0.338 e. The predicted octanol–water partition coefficient (Wildman–Crippen LogP) is 1.16. The van der Waals surface area contributed by atoms with Gasteiger partial charge in [-0.2, -0.15) is 4.57 Å². The molecule has 7 nitrogen and oxygen atoms in total. The van der Waals surface area contributed by atoms with Crippen molar-refractivity contribution in [2.24, 2.45) is 0 Å². The molecule has 1 atom stereocenters. The van der Waals surface area contributed by atoms with Crippen LogP contribution in [0.1, 0.15) is 29.8 Å². The van der Waals surface area contributed by atoms with E-state index in [2.05, 4.69) is 0 Å². The molecule has 0 saturated carbocycles. The van der Waals surface area contributed by atoms with E-state index >= 15 is 0 Å². The highest BCUT2D eigenvalue weighted by Crippen LogP contribution is 2.22. The Morgan fingerprint density at radius 1 is 1.24 bits per heavy atom. The number of aromatic nitrogens is 2. The van der Waals surface area contributed by atoms with Crippen LogP contribution in [-0.2, 0) is 16.0 Å². The first-order valence-corrected chi connectivity index (χ1v) is 8.03. The van der Waals surface area contributed by atoms with Gasteiger partial charge in [0.1, 0.15) is 6.10 Å². The summed E-state index contributed by atoms with van der Waals surface area (Å²) in [7, 11) is 0. The van der Waals surface area contributed by atoms with Crippen LogP contribution in [0.15, 0.2) is 46.1 Å². The molecular weight excluding hydrogens is 324 g/mol. The van der Waals surface area contributed by atoms with Gasteiger partial charge in [0.25, 0.3) is 11.5 Å². The molecule has 0 spiro atoms. The molecule has 0 radical (unpaired) electrons. The van der Waals surface area contributed by atoms with Gasteiger partial charge in [0.05, 0.1) is 13.2 Å². The molecule has 1 unspecified atom stereocenters. The predicted molar refractivity (Wildman–Crippen MR) is 90.8 cm³/mol. The van der Waals surface area contributed by atoms with Gasteiger partial charge < -0.3 is 9.47 Å².